The van der Waals surface area contributed by atoms with Crippen LogP contribution in [0.15, 0.2) is 77.7 Å². The third-order valence-electron chi connectivity index (χ3n) is 4.42. The number of ether oxygens (including phenoxy) is 2. The van der Waals surface area contributed by atoms with E-state index in [0.29, 0.717) is 11.1 Å². The van der Waals surface area contributed by atoms with Gasteiger partial charge in [-0.3, -0.25) is 13.8 Å². The minimum Gasteiger partial charge on any atom is -0.426 e. The molecule has 3 aromatic carbocycles. The molecule has 0 aromatic heterocycles. The molecule has 0 saturated heterocycles. The summed E-state index contributed by atoms with van der Waals surface area (Å²) in [4.78, 5) is 34.9. The van der Waals surface area contributed by atoms with Crippen LogP contribution in [0.2, 0.25) is 0 Å². The quantitative estimate of drug-likeness (QED) is 0.211. The van der Waals surface area contributed by atoms with Crippen molar-refractivity contribution in [2.75, 3.05) is 0 Å². The van der Waals surface area contributed by atoms with E-state index in [-0.39, 0.29) is 34.3 Å². The van der Waals surface area contributed by atoms with Gasteiger partial charge in [0.25, 0.3) is 10.1 Å². The zero-order valence-electron chi connectivity index (χ0n) is 17.8. The van der Waals surface area contributed by atoms with Crippen LogP contribution < -0.4 is 9.47 Å². The summed E-state index contributed by atoms with van der Waals surface area (Å²) in [5, 5.41) is 0. The van der Waals surface area contributed by atoms with E-state index < -0.39 is 22.1 Å². The Morgan fingerprint density at radius 1 is 0.788 bits per heavy atom. The molecule has 0 amide bonds. The summed E-state index contributed by atoms with van der Waals surface area (Å²) in [5.74, 6) is -1.15. The SMILES string of the molecule is CC(=O)Oc1ccccc1C(=O)Oc1ccc(COS(=O)(=O)c2ccc(C(C)=O)cc2)cc1. The molecule has 0 fully saturated rings. The van der Waals surface area contributed by atoms with E-state index in [2.05, 4.69) is 0 Å². The van der Waals surface area contributed by atoms with Gasteiger partial charge in [0, 0.05) is 12.5 Å². The van der Waals surface area contributed by atoms with Crippen LogP contribution in [0.5, 0.6) is 11.5 Å². The Balaban J connectivity index is 1.63. The first-order chi connectivity index (χ1) is 15.7. The lowest BCUT2D eigenvalue weighted by atomic mass is 10.2. The van der Waals surface area contributed by atoms with E-state index in [0.717, 1.165) is 0 Å². The first-order valence-corrected chi connectivity index (χ1v) is 11.2. The highest BCUT2D eigenvalue weighted by Crippen LogP contribution is 2.22. The average Bonchev–Trinajstić information content (AvgIpc) is 2.78. The molecule has 33 heavy (non-hydrogen) atoms. The van der Waals surface area contributed by atoms with Gasteiger partial charge < -0.3 is 9.47 Å². The number of carbonyl (C=O) groups excluding carboxylic acids is 3. The first-order valence-electron chi connectivity index (χ1n) is 9.75. The van der Waals surface area contributed by atoms with Crippen molar-refractivity contribution in [3.63, 3.8) is 0 Å². The molecule has 9 heteroatoms. The number of hydrogen-bond donors (Lipinski definition) is 0. The second-order valence-corrected chi connectivity index (χ2v) is 8.54. The smallest absolute Gasteiger partial charge is 0.347 e. The molecule has 0 heterocycles. The van der Waals surface area contributed by atoms with Gasteiger partial charge in [0.05, 0.1) is 11.5 Å². The molecular weight excluding hydrogens is 448 g/mol. The lowest BCUT2D eigenvalue weighted by molar-refractivity contribution is -0.131. The molecule has 0 bridgehead atoms. The second kappa shape index (κ2) is 10.2. The summed E-state index contributed by atoms with van der Waals surface area (Å²) in [6.45, 7) is 2.38. The molecule has 0 radical (unpaired) electrons. The maximum atomic E-state index is 12.4. The molecular formula is C24H20O8S. The Bertz CT molecular complexity index is 1280. The Kier molecular flexibility index (Phi) is 7.37. The van der Waals surface area contributed by atoms with Crippen LogP contribution in [-0.4, -0.2) is 26.1 Å². The highest BCUT2D eigenvalue weighted by atomic mass is 32.2. The van der Waals surface area contributed by atoms with E-state index in [1.165, 1.54) is 62.4 Å². The molecule has 0 spiro atoms. The average molecular weight is 468 g/mol. The van der Waals surface area contributed by atoms with E-state index in [1.54, 1.807) is 24.3 Å². The number of carbonyl (C=O) groups is 3. The van der Waals surface area contributed by atoms with Gasteiger partial charge >= 0.3 is 11.9 Å². The van der Waals surface area contributed by atoms with Crippen molar-refractivity contribution in [1.29, 1.82) is 0 Å². The zero-order valence-corrected chi connectivity index (χ0v) is 18.6. The van der Waals surface area contributed by atoms with Gasteiger partial charge in [-0.15, -0.1) is 0 Å². The Morgan fingerprint density at radius 2 is 1.42 bits per heavy atom. The van der Waals surface area contributed by atoms with Crippen molar-refractivity contribution in [2.45, 2.75) is 25.3 Å². The number of benzene rings is 3. The van der Waals surface area contributed by atoms with Crippen molar-refractivity contribution in [3.05, 3.63) is 89.5 Å². The maximum Gasteiger partial charge on any atom is 0.347 e. The molecule has 0 atom stereocenters. The number of para-hydroxylation sites is 1. The third kappa shape index (κ3) is 6.34. The van der Waals surface area contributed by atoms with Crippen LogP contribution in [0.1, 0.15) is 40.1 Å². The summed E-state index contributed by atoms with van der Waals surface area (Å²) in [5.41, 5.74) is 1.01. The predicted molar refractivity (Wildman–Crippen MR) is 118 cm³/mol. The van der Waals surface area contributed by atoms with Crippen molar-refractivity contribution >= 4 is 27.8 Å². The van der Waals surface area contributed by atoms with Crippen LogP contribution in [-0.2, 0) is 25.7 Å². The van der Waals surface area contributed by atoms with Gasteiger partial charge in [0.1, 0.15) is 17.1 Å². The van der Waals surface area contributed by atoms with Gasteiger partial charge in [0.15, 0.2) is 5.78 Å². The fourth-order valence-corrected chi connectivity index (χ4v) is 3.66. The fraction of sp³-hybridized carbons (Fsp3) is 0.125. The summed E-state index contributed by atoms with van der Waals surface area (Å²) in [6, 6.07) is 17.7. The molecule has 8 nitrogen and oxygen atoms in total. The number of rotatable bonds is 8. The van der Waals surface area contributed by atoms with E-state index in [1.807, 2.05) is 0 Å². The van der Waals surface area contributed by atoms with Crippen LogP contribution in [0.4, 0.5) is 0 Å². The molecule has 0 aliphatic heterocycles. The highest BCUT2D eigenvalue weighted by molar-refractivity contribution is 7.86. The first kappa shape index (κ1) is 23.8. The lowest BCUT2D eigenvalue weighted by Crippen LogP contribution is -2.12. The molecule has 0 unspecified atom stereocenters. The summed E-state index contributed by atoms with van der Waals surface area (Å²) < 4.78 is 40.1. The van der Waals surface area contributed by atoms with Gasteiger partial charge in [-0.2, -0.15) is 8.42 Å². The number of Topliss-reactive ketones (excluding diaryl/α,β-unsaturated/α-hetero) is 1. The van der Waals surface area contributed by atoms with Gasteiger partial charge in [0.2, 0.25) is 0 Å². The normalized spacial score (nSPS) is 11.0. The van der Waals surface area contributed by atoms with Gasteiger partial charge in [-0.1, -0.05) is 36.4 Å². The molecule has 0 aliphatic rings. The maximum absolute atomic E-state index is 12.4. The van der Waals surface area contributed by atoms with Crippen molar-refractivity contribution in [1.82, 2.24) is 0 Å². The van der Waals surface area contributed by atoms with Crippen LogP contribution in [0.3, 0.4) is 0 Å². The molecule has 3 aromatic rings. The number of hydrogen-bond acceptors (Lipinski definition) is 8. The highest BCUT2D eigenvalue weighted by Gasteiger charge is 2.17. The van der Waals surface area contributed by atoms with E-state index in [4.69, 9.17) is 13.7 Å². The van der Waals surface area contributed by atoms with Crippen molar-refractivity contribution < 1.29 is 36.5 Å². The van der Waals surface area contributed by atoms with Crippen LogP contribution in [0, 0.1) is 0 Å². The third-order valence-corrected chi connectivity index (χ3v) is 5.70. The van der Waals surface area contributed by atoms with Crippen molar-refractivity contribution in [3.8, 4) is 11.5 Å². The van der Waals surface area contributed by atoms with Gasteiger partial charge in [-0.25, -0.2) is 4.79 Å². The standard InChI is InChI=1S/C24H20O8S/c1-16(25)19-9-13-21(14-10-19)33(28,29)30-15-18-7-11-20(12-8-18)32-24(27)22-5-3-4-6-23(22)31-17(2)26/h3-14H,15H2,1-2H3. The lowest BCUT2D eigenvalue weighted by Gasteiger charge is -2.09. The van der Waals surface area contributed by atoms with Crippen LogP contribution >= 0.6 is 0 Å². The molecule has 0 N–H and O–H groups in total. The van der Waals surface area contributed by atoms with Crippen molar-refractivity contribution in [2.24, 2.45) is 0 Å². The summed E-state index contributed by atoms with van der Waals surface area (Å²) >= 11 is 0. The minimum absolute atomic E-state index is 0.0653. The Labute approximate surface area is 190 Å². The molecule has 3 rings (SSSR count). The number of ketones is 1. The largest absolute Gasteiger partial charge is 0.426 e. The van der Waals surface area contributed by atoms with Crippen LogP contribution in [0.25, 0.3) is 0 Å². The Morgan fingerprint density at radius 3 is 2.03 bits per heavy atom. The monoisotopic (exact) mass is 468 g/mol. The molecule has 0 saturated carbocycles. The number of esters is 2. The second-order valence-electron chi connectivity index (χ2n) is 6.92. The predicted octanol–water partition coefficient (Wildman–Crippen LogP) is 3.94. The minimum atomic E-state index is -4.02. The Hall–Kier alpha value is -3.82. The molecule has 170 valence electrons. The zero-order chi connectivity index (χ0) is 24.0. The fourth-order valence-electron chi connectivity index (χ4n) is 2.76. The summed E-state index contributed by atoms with van der Waals surface area (Å²) in [6.07, 6.45) is 0. The molecule has 0 aliphatic carbocycles. The van der Waals surface area contributed by atoms with E-state index >= 15 is 0 Å². The van der Waals surface area contributed by atoms with E-state index in [9.17, 15) is 22.8 Å². The topological polar surface area (TPSA) is 113 Å². The van der Waals surface area contributed by atoms with Gasteiger partial charge in [-0.05, 0) is 48.9 Å². The summed E-state index contributed by atoms with van der Waals surface area (Å²) in [7, 11) is -4.02.